The van der Waals surface area contributed by atoms with Gasteiger partial charge in [-0.2, -0.15) is 139 Å². The summed E-state index contributed by atoms with van der Waals surface area (Å²) in [5.74, 6) is -25.8. The van der Waals surface area contributed by atoms with Crippen molar-refractivity contribution in [3.63, 3.8) is 0 Å². The Morgan fingerprint density at radius 3 is 0.598 bits per heavy atom. The van der Waals surface area contributed by atoms with E-state index in [0.29, 0.717) is 0 Å². The summed E-state index contributed by atoms with van der Waals surface area (Å²) in [6.07, 6.45) is -27.0. The minimum atomic E-state index is -6.09. The Hall–Kier alpha value is -8.50. The van der Waals surface area contributed by atoms with Crippen molar-refractivity contribution in [1.29, 1.82) is 42.1 Å². The molecule has 8 nitrogen and oxygen atoms in total. The van der Waals surface area contributed by atoms with Gasteiger partial charge in [-0.25, -0.2) is 70.2 Å². The van der Waals surface area contributed by atoms with E-state index in [1.165, 1.54) is 36.4 Å². The molecule has 4 atom stereocenters. The predicted octanol–water partition coefficient (Wildman–Crippen LogP) is 13.0. The average Bonchev–Trinajstić information content (AvgIpc) is 0.699. The maximum absolute atomic E-state index is 14.8. The van der Waals surface area contributed by atoms with E-state index in [0.717, 1.165) is 60.7 Å². The van der Waals surface area contributed by atoms with Crippen molar-refractivity contribution in [2.24, 2.45) is 0 Å². The van der Waals surface area contributed by atoms with Crippen molar-refractivity contribution in [3.05, 3.63) is 210 Å². The van der Waals surface area contributed by atoms with Crippen LogP contribution in [-0.4, -0.2) is 38.1 Å². The third-order valence-corrected chi connectivity index (χ3v) is 14.1. The summed E-state index contributed by atoms with van der Waals surface area (Å²) < 4.78 is 482. The fourth-order valence-corrected chi connectivity index (χ4v) is 9.26. The Balaban J connectivity index is -0.000000334. The molecule has 0 N–H and O–H groups in total. The van der Waals surface area contributed by atoms with Crippen molar-refractivity contribution in [2.75, 3.05) is 0 Å². The Kier molecular flexibility index (Phi) is 45.6. The number of halogens is 40. The zero-order chi connectivity index (χ0) is 88.1. The molecule has 0 aromatic heterocycles. The van der Waals surface area contributed by atoms with Crippen LogP contribution in [0.25, 0.3) is 43.1 Å². The van der Waals surface area contributed by atoms with E-state index in [4.69, 9.17) is 21.0 Å². The summed E-state index contributed by atoms with van der Waals surface area (Å²) >= 11 is 0. The molecule has 0 radical (unpaired) electrons. The second-order valence-corrected chi connectivity index (χ2v) is 20.9. The van der Waals surface area contributed by atoms with Crippen LogP contribution in [0.5, 0.6) is 0 Å². The number of nitrogens with zero attached hydrogens (tertiary/aromatic N) is 8. The van der Waals surface area contributed by atoms with Gasteiger partial charge in [0.2, 0.25) is 22.7 Å². The van der Waals surface area contributed by atoms with Crippen LogP contribution in [0.4, 0.5) is 167 Å². The quantitative estimate of drug-likeness (QED) is 0.0944. The second kappa shape index (κ2) is 45.6. The van der Waals surface area contributed by atoms with Gasteiger partial charge in [-0.15, -0.1) is 0 Å². The molecule has 0 heterocycles. The summed E-state index contributed by atoms with van der Waals surface area (Å²) in [6.45, 7) is -3.51. The molecule has 50 heteroatoms. The largest absolute Gasteiger partial charge is 1.00 e. The molecule has 0 fully saturated rings. The van der Waals surface area contributed by atoms with Gasteiger partial charge in [0.1, 0.15) is 82.4 Å². The van der Waals surface area contributed by atoms with Crippen LogP contribution in [0, 0.1) is 160 Å². The molecule has 8 aromatic rings. The number of benzene rings is 8. The number of nitriles is 8. The third-order valence-electron chi connectivity index (χ3n) is 14.1. The van der Waals surface area contributed by atoms with Crippen LogP contribution < -0.4 is 147 Å². The average molecular weight is 1980 g/mol. The normalized spacial score (nSPS) is 12.6. The maximum Gasteiger partial charge on any atom is 1.00 e. The van der Waals surface area contributed by atoms with E-state index >= 15 is 0 Å². The number of rotatable bonds is 4. The molecule has 0 aliphatic heterocycles. The van der Waals surface area contributed by atoms with Gasteiger partial charge < -0.3 is 9.41 Å². The monoisotopic (exact) mass is 1980 g/mol. The van der Waals surface area contributed by atoms with Crippen molar-refractivity contribution in [3.8, 4) is 48.6 Å². The Bertz CT molecular complexity index is 5010. The van der Waals surface area contributed by atoms with Crippen LogP contribution >= 0.6 is 0 Å². The van der Waals surface area contributed by atoms with Crippen molar-refractivity contribution in [1.82, 2.24) is 0 Å². The number of hydrogen-bond acceptors (Lipinski definition) is 8. The van der Waals surface area contributed by atoms with E-state index in [9.17, 15) is 188 Å². The minimum Gasteiger partial charge on any atom is -1.00 e. The Morgan fingerprint density at radius 2 is 0.427 bits per heavy atom. The van der Waals surface area contributed by atoms with Gasteiger partial charge in [0.05, 0.1) is 33.0 Å². The standard InChI is InChI=1S/C18H6F12N2.C18H10F8N2.C12F6N2.C12H4F2N2.2C2H2F2.2CHF3.CH4.2Cs.2FH.H2/c1-15(23,17(25,26)27)9-5(3-31)6(4-32)10(16(2,24)18(28,29)30)8-7(9)11(19)13(21)14(22)12(8)20;1-15(19,17(21,22)23)13-9-5-3-4-6-10(9)14(12(8-28)11(13)7-27)16(2,20)18(24,25)26;13-7-3(1-19)4(2-20)8(14)6-5(7)9(15)11(17)12(18)10(6)16;13-11-7-3-1-2-4-8(7)12(14)10(6-16)9(11)5-15;2*1-2(3)4;2*2-1(3)4;;;;;;/h1-2H3;3-6H,1-2H3;;1-4H;2*1H2;2*1H;1H4;;;3*1H/q;;;;;;;;;2*+1;;;/p-2/i;;;;;;;;;;;;;1+2. The first-order valence-electron chi connectivity index (χ1n) is 27.5. The van der Waals surface area contributed by atoms with Crippen molar-refractivity contribution < 1.29 is 315 Å². The predicted molar refractivity (Wildman–Crippen MR) is 317 cm³/mol. The SMILES string of the molecule is C.C=C(F)F.C=C(F)F.CC(F)(c1c(C#N)c(C#N)c(C(C)(F)C(F)(F)F)c2c(F)c(F)c(F)c(F)c12)C(F)(F)F.CC(F)(c1c(C#N)c(C#N)c(C(C)(F)C(F)(F)F)c2ccccc12)C(F)(F)F.FC(F)F.FC(F)F.N#Cc1c(C#N)c(F)c2c(F)c(F)c(F)c(F)c2c1F.N#Cc1c(C#N)c(F)c2ccccc2c1F.[3HH].[Cs+].[Cs+].[F-].[F-]. The summed E-state index contributed by atoms with van der Waals surface area (Å²) in [4.78, 5) is 0. The third kappa shape index (κ3) is 25.3. The van der Waals surface area contributed by atoms with E-state index in [-0.39, 0.29) is 195 Å². The van der Waals surface area contributed by atoms with Crippen LogP contribution in [0.2, 0.25) is 0 Å². The van der Waals surface area contributed by atoms with Crippen LogP contribution in [0.3, 0.4) is 0 Å². The van der Waals surface area contributed by atoms with E-state index in [1.807, 2.05) is 0 Å². The van der Waals surface area contributed by atoms with E-state index in [2.05, 4.69) is 13.2 Å². The van der Waals surface area contributed by atoms with Crippen LogP contribution in [-0.2, 0) is 22.7 Å². The Morgan fingerprint density at radius 1 is 0.282 bits per heavy atom. The topological polar surface area (TPSA) is 190 Å². The first kappa shape index (κ1) is 117. The van der Waals surface area contributed by atoms with Gasteiger partial charge in [-0.05, 0) is 51.6 Å². The number of hydrogen-bond donors (Lipinski definition) is 0. The number of alkyl halides is 22. The molecule has 8 rings (SSSR count). The number of fused-ring (bicyclic) bond motifs is 4. The smallest absolute Gasteiger partial charge is 1.00 e. The molecule has 0 amide bonds. The first-order chi connectivity index (χ1) is 50.9. The molecule has 622 valence electrons. The molecule has 8 aromatic carbocycles. The molecule has 0 saturated carbocycles. The van der Waals surface area contributed by atoms with Gasteiger partial charge in [0.25, 0.3) is 12.2 Å². The molecule has 0 aliphatic carbocycles. The summed E-state index contributed by atoms with van der Waals surface area (Å²) in [5, 5.41) is 62.3. The molecule has 0 saturated heterocycles. The molecule has 117 heavy (non-hydrogen) atoms. The van der Waals surface area contributed by atoms with E-state index in [1.54, 1.807) is 0 Å². The minimum absolute atomic E-state index is 0. The van der Waals surface area contributed by atoms with Gasteiger partial charge in [0.15, 0.2) is 58.2 Å². The van der Waals surface area contributed by atoms with Crippen molar-refractivity contribution >= 4 is 43.1 Å². The van der Waals surface area contributed by atoms with Gasteiger partial charge in [0, 0.05) is 45.2 Å². The summed E-state index contributed by atoms with van der Waals surface area (Å²) in [7, 11) is 0. The molecule has 0 spiro atoms. The van der Waals surface area contributed by atoms with Crippen LogP contribution in [0.15, 0.2) is 73.9 Å². The van der Waals surface area contributed by atoms with Crippen molar-refractivity contribution in [2.45, 2.75) is 95.9 Å². The Labute approximate surface area is 747 Å². The molecule has 0 bridgehead atoms. The van der Waals surface area contributed by atoms with Gasteiger partial charge >= 0.3 is 176 Å². The zero-order valence-electron chi connectivity index (χ0n) is 56.9. The maximum atomic E-state index is 14.8. The fourth-order valence-electron chi connectivity index (χ4n) is 9.26. The molecule has 0 aliphatic rings. The summed E-state index contributed by atoms with van der Waals surface area (Å²) in [6, 6.07) is 18.6. The molecule has 4 unspecified atom stereocenters. The first-order valence-corrected chi connectivity index (χ1v) is 27.5. The fraction of sp³-hybridized carbons (Fsp3) is 0.224. The molecular weight excluding hydrogens is 1940 g/mol. The van der Waals surface area contributed by atoms with Gasteiger partial charge in [-0.3, -0.25) is 0 Å². The van der Waals surface area contributed by atoms with Crippen LogP contribution in [0.1, 0.15) is 103 Å². The zero-order valence-corrected chi connectivity index (χ0v) is 69.4. The second-order valence-electron chi connectivity index (χ2n) is 20.9. The van der Waals surface area contributed by atoms with Gasteiger partial charge in [-0.1, -0.05) is 56.0 Å². The van der Waals surface area contributed by atoms with E-state index < -0.39 is 242 Å². The summed E-state index contributed by atoms with van der Waals surface area (Å²) in [5.41, 5.74) is -35.6. The molecular formula is C67H32Cs2F40N8.